The molecule has 94 valence electrons. The van der Waals surface area contributed by atoms with E-state index in [4.69, 9.17) is 15.2 Å². The molecule has 17 heavy (non-hydrogen) atoms. The third-order valence-corrected chi connectivity index (χ3v) is 2.80. The first-order chi connectivity index (χ1) is 8.26. The smallest absolute Gasteiger partial charge is 0.215 e. The molecule has 0 aromatic carbocycles. The Morgan fingerprint density at radius 3 is 3.18 bits per heavy atom. The van der Waals surface area contributed by atoms with Crippen LogP contribution in [-0.4, -0.2) is 49.6 Å². The Morgan fingerprint density at radius 1 is 1.65 bits per heavy atom. The summed E-state index contributed by atoms with van der Waals surface area (Å²) < 4.78 is 10.4. The maximum atomic E-state index is 9.32. The van der Waals surface area contributed by atoms with E-state index in [1.807, 2.05) is 4.90 Å². The van der Waals surface area contributed by atoms with Crippen LogP contribution < -0.4 is 15.4 Å². The van der Waals surface area contributed by atoms with Gasteiger partial charge in [0.2, 0.25) is 5.88 Å². The van der Waals surface area contributed by atoms with Gasteiger partial charge in [-0.2, -0.15) is 4.98 Å². The van der Waals surface area contributed by atoms with E-state index < -0.39 is 0 Å². The number of hydrogen-bond acceptors (Lipinski definition) is 6. The first kappa shape index (κ1) is 11.9. The summed E-state index contributed by atoms with van der Waals surface area (Å²) in [5.74, 6) is 1.16. The summed E-state index contributed by atoms with van der Waals surface area (Å²) in [7, 11) is 1.56. The van der Waals surface area contributed by atoms with E-state index in [2.05, 4.69) is 4.98 Å². The minimum Gasteiger partial charge on any atom is -0.481 e. The van der Waals surface area contributed by atoms with Crippen LogP contribution in [0, 0.1) is 0 Å². The molecule has 1 unspecified atom stereocenters. The highest BCUT2D eigenvalue weighted by Gasteiger charge is 2.25. The summed E-state index contributed by atoms with van der Waals surface area (Å²) in [6, 6.07) is 3.36. The number of nitrogens with two attached hydrogens (primary N) is 1. The number of aromatic nitrogens is 1. The highest BCUT2D eigenvalue weighted by molar-refractivity contribution is 5.64. The largest absolute Gasteiger partial charge is 0.481 e. The molecule has 1 aromatic rings. The van der Waals surface area contributed by atoms with Crippen LogP contribution in [0.3, 0.4) is 0 Å². The van der Waals surface area contributed by atoms with Crippen LogP contribution in [0.4, 0.5) is 11.5 Å². The molecule has 1 aliphatic heterocycles. The second-order valence-electron chi connectivity index (χ2n) is 3.87. The number of nitrogens with zero attached hydrogens (tertiary/aromatic N) is 2. The van der Waals surface area contributed by atoms with Crippen molar-refractivity contribution in [1.29, 1.82) is 0 Å². The van der Waals surface area contributed by atoms with E-state index in [1.54, 1.807) is 19.2 Å². The van der Waals surface area contributed by atoms with Crippen LogP contribution in [-0.2, 0) is 4.74 Å². The quantitative estimate of drug-likeness (QED) is 0.764. The first-order valence-corrected chi connectivity index (χ1v) is 5.52. The number of methoxy groups -OCH3 is 1. The highest BCUT2D eigenvalue weighted by Crippen LogP contribution is 2.26. The molecule has 3 N–H and O–H groups in total. The molecular formula is C11H17N3O3. The zero-order chi connectivity index (χ0) is 12.3. The fourth-order valence-corrected chi connectivity index (χ4v) is 1.87. The Balaban J connectivity index is 2.30. The molecule has 2 rings (SSSR count). The molecular weight excluding hydrogens is 222 g/mol. The number of pyridine rings is 1. The third kappa shape index (κ3) is 2.42. The number of aliphatic hydroxyl groups is 1. The molecule has 0 radical (unpaired) electrons. The molecule has 0 amide bonds. The fraction of sp³-hybridized carbons (Fsp3) is 0.545. The van der Waals surface area contributed by atoms with Crippen LogP contribution in [0.1, 0.15) is 0 Å². The van der Waals surface area contributed by atoms with E-state index in [0.29, 0.717) is 37.1 Å². The summed E-state index contributed by atoms with van der Waals surface area (Å²) in [4.78, 5) is 6.28. The molecule has 0 aliphatic carbocycles. The molecule has 6 nitrogen and oxygen atoms in total. The Bertz CT molecular complexity index is 386. The van der Waals surface area contributed by atoms with Gasteiger partial charge in [0.1, 0.15) is 0 Å². The summed E-state index contributed by atoms with van der Waals surface area (Å²) in [5, 5.41) is 9.32. The lowest BCUT2D eigenvalue weighted by molar-refractivity contribution is 0.0723. The lowest BCUT2D eigenvalue weighted by atomic mass is 10.2. The Labute approximate surface area is 100.0 Å². The van der Waals surface area contributed by atoms with E-state index >= 15 is 0 Å². The highest BCUT2D eigenvalue weighted by atomic mass is 16.5. The van der Waals surface area contributed by atoms with Crippen molar-refractivity contribution in [2.45, 2.75) is 6.04 Å². The monoisotopic (exact) mass is 239 g/mol. The van der Waals surface area contributed by atoms with Gasteiger partial charge < -0.3 is 25.2 Å². The standard InChI is InChI=1S/C11H17N3O3/c1-16-10-3-2-9(12)11(13-10)14-4-5-17-7-8(14)6-15/h2-3,8,15H,4-7,12H2,1H3. The van der Waals surface area contributed by atoms with Gasteiger partial charge in [-0.25, -0.2) is 0 Å². The van der Waals surface area contributed by atoms with E-state index in [0.717, 1.165) is 0 Å². The molecule has 0 saturated carbocycles. The normalized spacial score (nSPS) is 20.4. The number of ether oxygens (including phenoxy) is 2. The predicted molar refractivity (Wildman–Crippen MR) is 64.2 cm³/mol. The van der Waals surface area contributed by atoms with E-state index in [9.17, 15) is 5.11 Å². The van der Waals surface area contributed by atoms with Gasteiger partial charge in [0.05, 0.1) is 38.7 Å². The molecule has 6 heteroatoms. The topological polar surface area (TPSA) is 80.8 Å². The number of hydrogen-bond donors (Lipinski definition) is 2. The number of nitrogen functional groups attached to an aromatic ring is 1. The summed E-state index contributed by atoms with van der Waals surface area (Å²) in [5.41, 5.74) is 6.48. The lowest BCUT2D eigenvalue weighted by Gasteiger charge is -2.35. The molecule has 0 spiro atoms. The minimum absolute atomic E-state index is 0.0122. The van der Waals surface area contributed by atoms with Crippen LogP contribution in [0.2, 0.25) is 0 Å². The molecule has 0 bridgehead atoms. The second-order valence-corrected chi connectivity index (χ2v) is 3.87. The lowest BCUT2D eigenvalue weighted by Crippen LogP contribution is -2.48. The third-order valence-electron chi connectivity index (χ3n) is 2.80. The SMILES string of the molecule is COc1ccc(N)c(N2CCOCC2CO)n1. The Kier molecular flexibility index (Phi) is 3.65. The molecule has 1 saturated heterocycles. The average Bonchev–Trinajstić information content (AvgIpc) is 2.39. The van der Waals surface area contributed by atoms with Gasteiger partial charge in [-0.1, -0.05) is 0 Å². The number of anilines is 2. The molecule has 1 fully saturated rings. The zero-order valence-corrected chi connectivity index (χ0v) is 9.80. The minimum atomic E-state index is -0.106. The fourth-order valence-electron chi connectivity index (χ4n) is 1.87. The first-order valence-electron chi connectivity index (χ1n) is 5.52. The van der Waals surface area contributed by atoms with Crippen LogP contribution in [0.5, 0.6) is 5.88 Å². The maximum Gasteiger partial charge on any atom is 0.215 e. The van der Waals surface area contributed by atoms with Gasteiger partial charge in [-0.3, -0.25) is 0 Å². The number of aliphatic hydroxyl groups excluding tert-OH is 1. The molecule has 1 aromatic heterocycles. The van der Waals surface area contributed by atoms with Gasteiger partial charge in [0.15, 0.2) is 5.82 Å². The van der Waals surface area contributed by atoms with Crippen molar-refractivity contribution in [3.8, 4) is 5.88 Å². The number of morpholine rings is 1. The van der Waals surface area contributed by atoms with Crippen LogP contribution in [0.15, 0.2) is 12.1 Å². The molecule has 2 heterocycles. The Hall–Kier alpha value is -1.53. The van der Waals surface area contributed by atoms with Crippen molar-refractivity contribution in [2.75, 3.05) is 44.1 Å². The van der Waals surface area contributed by atoms with Gasteiger partial charge in [-0.15, -0.1) is 0 Å². The van der Waals surface area contributed by atoms with Crippen molar-refractivity contribution >= 4 is 11.5 Å². The van der Waals surface area contributed by atoms with Gasteiger partial charge in [0.25, 0.3) is 0 Å². The summed E-state index contributed by atoms with van der Waals surface area (Å²) in [6.07, 6.45) is 0. The predicted octanol–water partition coefficient (Wildman–Crippen LogP) is -0.130. The maximum absolute atomic E-state index is 9.32. The second kappa shape index (κ2) is 5.20. The van der Waals surface area contributed by atoms with E-state index in [1.165, 1.54) is 0 Å². The molecule has 1 aliphatic rings. The van der Waals surface area contributed by atoms with Gasteiger partial charge in [0, 0.05) is 12.6 Å². The zero-order valence-electron chi connectivity index (χ0n) is 9.80. The van der Waals surface area contributed by atoms with Gasteiger partial charge >= 0.3 is 0 Å². The van der Waals surface area contributed by atoms with Crippen molar-refractivity contribution in [3.63, 3.8) is 0 Å². The summed E-state index contributed by atoms with van der Waals surface area (Å²) >= 11 is 0. The van der Waals surface area contributed by atoms with Crippen molar-refractivity contribution < 1.29 is 14.6 Å². The summed E-state index contributed by atoms with van der Waals surface area (Å²) in [6.45, 7) is 1.76. The molecule has 1 atom stereocenters. The van der Waals surface area contributed by atoms with Crippen molar-refractivity contribution in [3.05, 3.63) is 12.1 Å². The number of rotatable bonds is 3. The van der Waals surface area contributed by atoms with Crippen LogP contribution >= 0.6 is 0 Å². The van der Waals surface area contributed by atoms with E-state index in [-0.39, 0.29) is 12.6 Å². The van der Waals surface area contributed by atoms with Crippen LogP contribution in [0.25, 0.3) is 0 Å². The van der Waals surface area contributed by atoms with Crippen molar-refractivity contribution in [2.24, 2.45) is 0 Å². The van der Waals surface area contributed by atoms with Gasteiger partial charge in [-0.05, 0) is 6.07 Å². The Morgan fingerprint density at radius 2 is 2.47 bits per heavy atom. The average molecular weight is 239 g/mol. The van der Waals surface area contributed by atoms with Crippen molar-refractivity contribution in [1.82, 2.24) is 4.98 Å².